The molecule has 0 fully saturated rings. The highest BCUT2D eigenvalue weighted by Gasteiger charge is 2.25. The van der Waals surface area contributed by atoms with Gasteiger partial charge in [0.1, 0.15) is 12.4 Å². The van der Waals surface area contributed by atoms with Gasteiger partial charge < -0.3 is 10.1 Å². The van der Waals surface area contributed by atoms with Gasteiger partial charge in [-0.2, -0.15) is 5.10 Å². The molecule has 29 heavy (non-hydrogen) atoms. The first-order chi connectivity index (χ1) is 14.3. The number of hydrogen-bond donors (Lipinski definition) is 1. The molecule has 4 aromatic rings. The van der Waals surface area contributed by atoms with Crippen LogP contribution in [0.25, 0.3) is 22.2 Å². The molecule has 1 unspecified atom stereocenters. The van der Waals surface area contributed by atoms with Gasteiger partial charge >= 0.3 is 0 Å². The summed E-state index contributed by atoms with van der Waals surface area (Å²) in [4.78, 5) is 14.3. The Hall–Kier alpha value is -3.32. The normalized spacial score (nSPS) is 16.0. The lowest BCUT2D eigenvalue weighted by Gasteiger charge is -2.23. The molecule has 146 valence electrons. The van der Waals surface area contributed by atoms with Crippen LogP contribution in [0.2, 0.25) is 0 Å². The number of aromatic nitrogens is 5. The summed E-state index contributed by atoms with van der Waals surface area (Å²) in [6.07, 6.45) is 1.99. The van der Waals surface area contributed by atoms with Crippen molar-refractivity contribution in [2.75, 3.05) is 12.4 Å². The van der Waals surface area contributed by atoms with Crippen LogP contribution in [0.15, 0.2) is 54.6 Å². The number of anilines is 1. The van der Waals surface area contributed by atoms with Crippen molar-refractivity contribution in [2.45, 2.75) is 32.0 Å². The molecule has 5 rings (SSSR count). The molecule has 0 saturated heterocycles. The van der Waals surface area contributed by atoms with E-state index in [0.29, 0.717) is 18.4 Å². The van der Waals surface area contributed by atoms with Gasteiger partial charge in [-0.1, -0.05) is 48.5 Å². The fourth-order valence-electron chi connectivity index (χ4n) is 3.84. The number of nitrogens with one attached hydrogen (secondary N) is 1. The van der Waals surface area contributed by atoms with Gasteiger partial charge in [0.05, 0.1) is 17.3 Å². The van der Waals surface area contributed by atoms with Crippen molar-refractivity contribution < 1.29 is 4.74 Å². The topological polar surface area (TPSA) is 77.8 Å². The molecule has 0 amide bonds. The Morgan fingerprint density at radius 3 is 2.72 bits per heavy atom. The van der Waals surface area contributed by atoms with Crippen molar-refractivity contribution in [3.05, 3.63) is 66.2 Å². The van der Waals surface area contributed by atoms with Crippen molar-refractivity contribution in [3.63, 3.8) is 0 Å². The van der Waals surface area contributed by atoms with Crippen molar-refractivity contribution in [2.24, 2.45) is 0 Å². The average molecular weight is 386 g/mol. The van der Waals surface area contributed by atoms with E-state index in [-0.39, 0.29) is 6.04 Å². The molecule has 0 saturated carbocycles. The number of hydrogen-bond acceptors (Lipinski definition) is 6. The van der Waals surface area contributed by atoms with E-state index in [9.17, 15) is 0 Å². The maximum atomic E-state index is 5.19. The number of para-hydroxylation sites is 1. The number of aryl methyl sites for hydroxylation is 1. The summed E-state index contributed by atoms with van der Waals surface area (Å²) in [5, 5.41) is 9.10. The van der Waals surface area contributed by atoms with Crippen molar-refractivity contribution >= 4 is 16.9 Å². The molecule has 0 radical (unpaired) electrons. The molecule has 7 nitrogen and oxygen atoms in total. The molecule has 1 N–H and O–H groups in total. The third kappa shape index (κ3) is 3.45. The molecular weight excluding hydrogens is 364 g/mol. The average Bonchev–Trinajstić information content (AvgIpc) is 3.18. The van der Waals surface area contributed by atoms with Gasteiger partial charge in [-0.15, -0.1) is 0 Å². The highest BCUT2D eigenvalue weighted by atomic mass is 16.5. The SMILES string of the molecule is COCc1nc2n(n1)CCCC2Nc1nc(-c2ccccc2)c2ccccc2n1. The smallest absolute Gasteiger partial charge is 0.224 e. The zero-order valence-electron chi connectivity index (χ0n) is 16.2. The van der Waals surface area contributed by atoms with E-state index in [0.717, 1.165) is 47.4 Å². The maximum Gasteiger partial charge on any atom is 0.224 e. The van der Waals surface area contributed by atoms with Crippen LogP contribution in [-0.2, 0) is 17.9 Å². The van der Waals surface area contributed by atoms with Gasteiger partial charge in [-0.05, 0) is 18.9 Å². The first-order valence-corrected chi connectivity index (χ1v) is 9.83. The standard InChI is InChI=1S/C22H22N6O/c1-29-14-19-25-21-18(12-7-13-28(21)27-19)24-22-23-17-11-6-5-10-16(17)20(26-22)15-8-3-2-4-9-15/h2-6,8-11,18H,7,12-14H2,1H3,(H,23,24,26). The first-order valence-electron chi connectivity index (χ1n) is 9.83. The summed E-state index contributed by atoms with van der Waals surface area (Å²) < 4.78 is 7.16. The number of methoxy groups -OCH3 is 1. The van der Waals surface area contributed by atoms with E-state index >= 15 is 0 Å². The predicted octanol–water partition coefficient (Wildman–Crippen LogP) is 3.98. The van der Waals surface area contributed by atoms with Crippen LogP contribution in [0, 0.1) is 0 Å². The molecule has 1 atom stereocenters. The highest BCUT2D eigenvalue weighted by molar-refractivity contribution is 5.93. The molecular formula is C22H22N6O. The molecule has 2 aromatic heterocycles. The Morgan fingerprint density at radius 2 is 1.86 bits per heavy atom. The van der Waals surface area contributed by atoms with Gasteiger partial charge in [0.15, 0.2) is 5.82 Å². The van der Waals surface area contributed by atoms with Gasteiger partial charge in [-0.3, -0.25) is 0 Å². The van der Waals surface area contributed by atoms with E-state index in [2.05, 4.69) is 33.6 Å². The van der Waals surface area contributed by atoms with E-state index < -0.39 is 0 Å². The van der Waals surface area contributed by atoms with Crippen LogP contribution in [0.3, 0.4) is 0 Å². The fraction of sp³-hybridized carbons (Fsp3) is 0.273. The molecule has 3 heterocycles. The molecule has 2 aromatic carbocycles. The predicted molar refractivity (Wildman–Crippen MR) is 111 cm³/mol. The minimum Gasteiger partial charge on any atom is -0.377 e. The third-order valence-electron chi connectivity index (χ3n) is 5.15. The second-order valence-corrected chi connectivity index (χ2v) is 7.16. The summed E-state index contributed by atoms with van der Waals surface area (Å²) in [7, 11) is 1.66. The van der Waals surface area contributed by atoms with Crippen molar-refractivity contribution in [1.29, 1.82) is 0 Å². The Labute approximate surface area is 168 Å². The Morgan fingerprint density at radius 1 is 1.03 bits per heavy atom. The molecule has 7 heteroatoms. The minimum atomic E-state index is 0.0200. The molecule has 0 aliphatic carbocycles. The Kier molecular flexibility index (Phi) is 4.65. The van der Waals surface area contributed by atoms with Crippen LogP contribution >= 0.6 is 0 Å². The molecule has 0 spiro atoms. The second-order valence-electron chi connectivity index (χ2n) is 7.16. The third-order valence-corrected chi connectivity index (χ3v) is 5.15. The Balaban J connectivity index is 1.54. The summed E-state index contributed by atoms with van der Waals surface area (Å²) in [6, 6.07) is 18.4. The van der Waals surface area contributed by atoms with E-state index in [1.54, 1.807) is 7.11 Å². The molecule has 1 aliphatic heterocycles. The molecule has 1 aliphatic rings. The number of ether oxygens (including phenoxy) is 1. The second kappa shape index (κ2) is 7.60. The van der Waals surface area contributed by atoms with Crippen molar-refractivity contribution in [3.8, 4) is 11.3 Å². The van der Waals surface area contributed by atoms with Gasteiger partial charge in [0.25, 0.3) is 0 Å². The lowest BCUT2D eigenvalue weighted by molar-refractivity contribution is 0.177. The highest BCUT2D eigenvalue weighted by Crippen LogP contribution is 2.30. The summed E-state index contributed by atoms with van der Waals surface area (Å²) in [6.45, 7) is 1.29. The number of rotatable bonds is 5. The van der Waals surface area contributed by atoms with Crippen LogP contribution in [-0.4, -0.2) is 31.8 Å². The lowest BCUT2D eigenvalue weighted by atomic mass is 10.1. The molecule has 0 bridgehead atoms. The maximum absolute atomic E-state index is 5.19. The summed E-state index contributed by atoms with van der Waals surface area (Å²) in [5.41, 5.74) is 2.92. The van der Waals surface area contributed by atoms with Crippen LogP contribution < -0.4 is 5.32 Å². The van der Waals surface area contributed by atoms with E-state index in [4.69, 9.17) is 14.7 Å². The van der Waals surface area contributed by atoms with E-state index in [1.807, 2.05) is 41.1 Å². The summed E-state index contributed by atoms with van der Waals surface area (Å²) >= 11 is 0. The summed E-state index contributed by atoms with van der Waals surface area (Å²) in [5.74, 6) is 2.24. The number of fused-ring (bicyclic) bond motifs is 2. The van der Waals surface area contributed by atoms with E-state index in [1.165, 1.54) is 0 Å². The van der Waals surface area contributed by atoms with Gasteiger partial charge in [0, 0.05) is 24.6 Å². The van der Waals surface area contributed by atoms with Gasteiger partial charge in [0.2, 0.25) is 5.95 Å². The lowest BCUT2D eigenvalue weighted by Crippen LogP contribution is -2.23. The fourth-order valence-corrected chi connectivity index (χ4v) is 3.84. The van der Waals surface area contributed by atoms with Crippen LogP contribution in [0.4, 0.5) is 5.95 Å². The number of benzene rings is 2. The number of nitrogens with zero attached hydrogens (tertiary/aromatic N) is 5. The van der Waals surface area contributed by atoms with Crippen molar-refractivity contribution in [1.82, 2.24) is 24.7 Å². The first kappa shape index (κ1) is 17.8. The minimum absolute atomic E-state index is 0.0200. The largest absolute Gasteiger partial charge is 0.377 e. The van der Waals surface area contributed by atoms with Crippen LogP contribution in [0.1, 0.15) is 30.5 Å². The zero-order valence-corrected chi connectivity index (χ0v) is 16.2. The zero-order chi connectivity index (χ0) is 19.6. The Bertz CT molecular complexity index is 1140. The van der Waals surface area contributed by atoms with Crippen LogP contribution in [0.5, 0.6) is 0 Å². The van der Waals surface area contributed by atoms with Gasteiger partial charge in [-0.25, -0.2) is 19.6 Å². The monoisotopic (exact) mass is 386 g/mol. The quantitative estimate of drug-likeness (QED) is 0.559.